The van der Waals surface area contributed by atoms with Gasteiger partial charge in [-0.05, 0) is 56.3 Å². The molecule has 0 heterocycles. The molecule has 21 heavy (non-hydrogen) atoms. The van der Waals surface area contributed by atoms with Crippen LogP contribution < -0.4 is 5.73 Å². The highest BCUT2D eigenvalue weighted by atomic mass is 15.2. The first-order chi connectivity index (χ1) is 9.90. The molecule has 2 heteroatoms. The first kappa shape index (κ1) is 19.0. The molecule has 0 atom stereocenters. The Kier molecular flexibility index (Phi) is 7.70. The molecule has 0 amide bonds. The van der Waals surface area contributed by atoms with Crippen LogP contribution in [0, 0.1) is 17.8 Å². The minimum absolute atomic E-state index is 0.270. The fourth-order valence-corrected chi connectivity index (χ4v) is 4.31. The van der Waals surface area contributed by atoms with Gasteiger partial charge in [-0.25, -0.2) is 0 Å². The van der Waals surface area contributed by atoms with Gasteiger partial charge in [-0.2, -0.15) is 0 Å². The largest absolute Gasteiger partial charge is 0.329 e. The Labute approximate surface area is 133 Å². The van der Waals surface area contributed by atoms with Crippen LogP contribution in [-0.4, -0.2) is 29.6 Å². The van der Waals surface area contributed by atoms with E-state index in [1.165, 1.54) is 45.1 Å². The lowest BCUT2D eigenvalue weighted by Crippen LogP contribution is -2.60. The van der Waals surface area contributed by atoms with Crippen LogP contribution in [0.15, 0.2) is 0 Å². The van der Waals surface area contributed by atoms with Gasteiger partial charge in [0.25, 0.3) is 0 Å². The second-order valence-corrected chi connectivity index (χ2v) is 8.03. The molecule has 0 saturated heterocycles. The SMILES string of the molecule is CCC(CC)N(CC(C)C)C1(CN)CCC(C(C)C)CC1. The van der Waals surface area contributed by atoms with E-state index in [1.54, 1.807) is 0 Å². The van der Waals surface area contributed by atoms with Crippen molar-refractivity contribution in [3.8, 4) is 0 Å². The van der Waals surface area contributed by atoms with Gasteiger partial charge in [-0.3, -0.25) is 4.90 Å². The Hall–Kier alpha value is -0.0800. The van der Waals surface area contributed by atoms with Gasteiger partial charge >= 0.3 is 0 Å². The molecule has 0 spiro atoms. The molecule has 1 rings (SSSR count). The molecule has 1 aliphatic rings. The summed E-state index contributed by atoms with van der Waals surface area (Å²) in [6.45, 7) is 16.2. The van der Waals surface area contributed by atoms with E-state index in [-0.39, 0.29) is 5.54 Å². The molecular formula is C19H40N2. The summed E-state index contributed by atoms with van der Waals surface area (Å²) >= 11 is 0. The van der Waals surface area contributed by atoms with Crippen molar-refractivity contribution in [3.05, 3.63) is 0 Å². The molecule has 2 nitrogen and oxygen atoms in total. The van der Waals surface area contributed by atoms with Crippen LogP contribution in [0.5, 0.6) is 0 Å². The maximum absolute atomic E-state index is 6.34. The summed E-state index contributed by atoms with van der Waals surface area (Å²) in [5.41, 5.74) is 6.61. The third-order valence-corrected chi connectivity index (χ3v) is 5.84. The molecule has 1 saturated carbocycles. The van der Waals surface area contributed by atoms with E-state index in [0.717, 1.165) is 24.3 Å². The van der Waals surface area contributed by atoms with Crippen molar-refractivity contribution >= 4 is 0 Å². The Morgan fingerprint density at radius 1 is 1.05 bits per heavy atom. The van der Waals surface area contributed by atoms with Gasteiger partial charge in [0.05, 0.1) is 0 Å². The van der Waals surface area contributed by atoms with Crippen LogP contribution in [0.1, 0.15) is 80.1 Å². The molecule has 0 unspecified atom stereocenters. The summed E-state index contributed by atoms with van der Waals surface area (Å²) in [5, 5.41) is 0. The predicted octanol–water partition coefficient (Wildman–Crippen LogP) is 4.68. The van der Waals surface area contributed by atoms with Gasteiger partial charge in [0.2, 0.25) is 0 Å². The van der Waals surface area contributed by atoms with E-state index in [1.807, 2.05) is 0 Å². The first-order valence-corrected chi connectivity index (χ1v) is 9.37. The van der Waals surface area contributed by atoms with E-state index in [9.17, 15) is 0 Å². The van der Waals surface area contributed by atoms with Crippen molar-refractivity contribution in [3.63, 3.8) is 0 Å². The fourth-order valence-electron chi connectivity index (χ4n) is 4.31. The van der Waals surface area contributed by atoms with Crippen molar-refractivity contribution in [2.45, 2.75) is 91.6 Å². The summed E-state index contributed by atoms with van der Waals surface area (Å²) in [7, 11) is 0. The molecule has 1 fully saturated rings. The average Bonchev–Trinajstić information content (AvgIpc) is 2.47. The van der Waals surface area contributed by atoms with E-state index >= 15 is 0 Å². The van der Waals surface area contributed by atoms with Crippen LogP contribution in [0.4, 0.5) is 0 Å². The van der Waals surface area contributed by atoms with E-state index in [0.29, 0.717) is 6.04 Å². The standard InChI is InChI=1S/C19H40N2/c1-7-18(8-2)21(13-15(3)4)19(14-20)11-9-17(10-12-19)16(5)6/h15-18H,7-14,20H2,1-6H3. The third-order valence-electron chi connectivity index (χ3n) is 5.84. The second kappa shape index (κ2) is 8.53. The van der Waals surface area contributed by atoms with Crippen molar-refractivity contribution in [1.29, 1.82) is 0 Å². The number of rotatable bonds is 8. The number of hydrogen-bond donors (Lipinski definition) is 1. The molecule has 2 N–H and O–H groups in total. The lowest BCUT2D eigenvalue weighted by molar-refractivity contribution is -0.00889. The van der Waals surface area contributed by atoms with E-state index in [4.69, 9.17) is 5.73 Å². The van der Waals surface area contributed by atoms with Crippen molar-refractivity contribution in [2.24, 2.45) is 23.5 Å². The highest BCUT2D eigenvalue weighted by molar-refractivity contribution is 4.98. The van der Waals surface area contributed by atoms with E-state index in [2.05, 4.69) is 46.4 Å². The normalized spacial score (nSPS) is 27.3. The number of hydrogen-bond acceptors (Lipinski definition) is 2. The van der Waals surface area contributed by atoms with Crippen LogP contribution in [0.2, 0.25) is 0 Å². The van der Waals surface area contributed by atoms with Gasteiger partial charge in [0.1, 0.15) is 0 Å². The lowest BCUT2D eigenvalue weighted by Gasteiger charge is -2.52. The molecule has 0 aromatic rings. The van der Waals surface area contributed by atoms with Crippen LogP contribution in [0.25, 0.3) is 0 Å². The maximum atomic E-state index is 6.34. The summed E-state index contributed by atoms with van der Waals surface area (Å²) in [6, 6.07) is 0.701. The van der Waals surface area contributed by atoms with Crippen molar-refractivity contribution in [1.82, 2.24) is 4.90 Å². The zero-order valence-electron chi connectivity index (χ0n) is 15.5. The minimum Gasteiger partial charge on any atom is -0.329 e. The highest BCUT2D eigenvalue weighted by Gasteiger charge is 2.41. The molecule has 0 aliphatic heterocycles. The van der Waals surface area contributed by atoms with Gasteiger partial charge in [0, 0.05) is 24.7 Å². The Morgan fingerprint density at radius 3 is 1.90 bits per heavy atom. The smallest absolute Gasteiger partial charge is 0.0334 e. The average molecular weight is 297 g/mol. The minimum atomic E-state index is 0.270. The zero-order valence-corrected chi connectivity index (χ0v) is 15.5. The molecule has 0 radical (unpaired) electrons. The lowest BCUT2D eigenvalue weighted by atomic mass is 9.71. The van der Waals surface area contributed by atoms with Gasteiger partial charge in [-0.15, -0.1) is 0 Å². The second-order valence-electron chi connectivity index (χ2n) is 8.03. The predicted molar refractivity (Wildman–Crippen MR) is 94.5 cm³/mol. The monoisotopic (exact) mass is 296 g/mol. The quantitative estimate of drug-likeness (QED) is 0.705. The maximum Gasteiger partial charge on any atom is 0.0334 e. The van der Waals surface area contributed by atoms with Gasteiger partial charge in [-0.1, -0.05) is 41.5 Å². The van der Waals surface area contributed by atoms with Crippen LogP contribution in [0.3, 0.4) is 0 Å². The molecule has 126 valence electrons. The summed E-state index contributed by atoms with van der Waals surface area (Å²) in [5.74, 6) is 2.46. The zero-order chi connectivity index (χ0) is 16.0. The summed E-state index contributed by atoms with van der Waals surface area (Å²) in [6.07, 6.45) is 7.83. The Bertz CT molecular complexity index is 273. The number of nitrogens with two attached hydrogens (primary N) is 1. The van der Waals surface area contributed by atoms with Crippen molar-refractivity contribution in [2.75, 3.05) is 13.1 Å². The van der Waals surface area contributed by atoms with E-state index < -0.39 is 0 Å². The number of nitrogens with zero attached hydrogens (tertiary/aromatic N) is 1. The van der Waals surface area contributed by atoms with Gasteiger partial charge in [0.15, 0.2) is 0 Å². The molecular weight excluding hydrogens is 256 g/mol. The summed E-state index contributed by atoms with van der Waals surface area (Å²) < 4.78 is 0. The molecule has 0 bridgehead atoms. The Balaban J connectivity index is 2.90. The van der Waals surface area contributed by atoms with Gasteiger partial charge < -0.3 is 5.73 Å². The first-order valence-electron chi connectivity index (χ1n) is 9.37. The third kappa shape index (κ3) is 4.69. The topological polar surface area (TPSA) is 29.3 Å². The Morgan fingerprint density at radius 2 is 1.57 bits per heavy atom. The highest BCUT2D eigenvalue weighted by Crippen LogP contribution is 2.40. The van der Waals surface area contributed by atoms with Crippen LogP contribution >= 0.6 is 0 Å². The fraction of sp³-hybridized carbons (Fsp3) is 1.00. The van der Waals surface area contributed by atoms with Crippen molar-refractivity contribution < 1.29 is 0 Å². The molecule has 0 aromatic heterocycles. The molecule has 1 aliphatic carbocycles. The molecule has 0 aromatic carbocycles. The van der Waals surface area contributed by atoms with Crippen LogP contribution in [-0.2, 0) is 0 Å². The summed E-state index contributed by atoms with van der Waals surface area (Å²) in [4.78, 5) is 2.81.